The Labute approximate surface area is 165 Å². The smallest absolute Gasteiger partial charge is 0.257 e. The largest absolute Gasteiger partial charge is 0.457 e. The Morgan fingerprint density at radius 2 is 1.43 bits per heavy atom. The van der Waals surface area contributed by atoms with Crippen LogP contribution < -0.4 is 4.74 Å². The Kier molecular flexibility index (Phi) is 5.60. The minimum absolute atomic E-state index is 0.0291. The van der Waals surface area contributed by atoms with Crippen LogP contribution in [0.25, 0.3) is 0 Å². The average molecular weight is 378 g/mol. The standard InChI is InChI=1S/C23H26N2O3/c26-22(24-14-6-7-15-24)18-12-16-25(17-13-18)23(27)20-10-4-5-11-21(20)28-19-8-2-1-3-9-19/h1-5,8-11,18H,6-7,12-17H2. The van der Waals surface area contributed by atoms with Crippen molar-refractivity contribution < 1.29 is 14.3 Å². The number of nitrogens with zero attached hydrogens (tertiary/aromatic N) is 2. The molecule has 146 valence electrons. The van der Waals surface area contributed by atoms with Crippen LogP contribution in [0.3, 0.4) is 0 Å². The van der Waals surface area contributed by atoms with E-state index in [1.807, 2.05) is 64.4 Å². The molecule has 0 atom stereocenters. The first kappa shape index (κ1) is 18.5. The van der Waals surface area contributed by atoms with E-state index in [0.29, 0.717) is 30.2 Å². The van der Waals surface area contributed by atoms with Gasteiger partial charge in [0.05, 0.1) is 5.56 Å². The van der Waals surface area contributed by atoms with Crippen LogP contribution in [0.15, 0.2) is 54.6 Å². The quantitative estimate of drug-likeness (QED) is 0.809. The van der Waals surface area contributed by atoms with Crippen LogP contribution in [0, 0.1) is 5.92 Å². The molecule has 2 aromatic carbocycles. The van der Waals surface area contributed by atoms with Gasteiger partial charge in [0.1, 0.15) is 11.5 Å². The highest BCUT2D eigenvalue weighted by molar-refractivity contribution is 5.97. The van der Waals surface area contributed by atoms with Gasteiger partial charge >= 0.3 is 0 Å². The summed E-state index contributed by atoms with van der Waals surface area (Å²) in [6.45, 7) is 3.01. The van der Waals surface area contributed by atoms with Crippen molar-refractivity contribution in [3.63, 3.8) is 0 Å². The molecule has 5 nitrogen and oxygen atoms in total. The third kappa shape index (κ3) is 4.03. The van der Waals surface area contributed by atoms with Gasteiger partial charge in [0.15, 0.2) is 0 Å². The van der Waals surface area contributed by atoms with Crippen LogP contribution in [0.5, 0.6) is 11.5 Å². The fraction of sp³-hybridized carbons (Fsp3) is 0.391. The zero-order chi connectivity index (χ0) is 19.3. The van der Waals surface area contributed by atoms with Crippen molar-refractivity contribution in [1.82, 2.24) is 9.80 Å². The molecule has 2 amide bonds. The summed E-state index contributed by atoms with van der Waals surface area (Å²) in [7, 11) is 0. The van der Waals surface area contributed by atoms with E-state index in [-0.39, 0.29) is 17.7 Å². The molecule has 0 radical (unpaired) electrons. The molecule has 4 rings (SSSR count). The first-order valence-electron chi connectivity index (χ1n) is 10.1. The molecule has 2 fully saturated rings. The summed E-state index contributed by atoms with van der Waals surface area (Å²) in [5.74, 6) is 1.57. The second kappa shape index (κ2) is 8.46. The molecule has 0 aliphatic carbocycles. The van der Waals surface area contributed by atoms with Crippen molar-refractivity contribution in [1.29, 1.82) is 0 Å². The fourth-order valence-corrected chi connectivity index (χ4v) is 4.04. The van der Waals surface area contributed by atoms with Gasteiger partial charge in [0.25, 0.3) is 5.91 Å². The maximum Gasteiger partial charge on any atom is 0.257 e. The van der Waals surface area contributed by atoms with Gasteiger partial charge in [-0.05, 0) is 49.9 Å². The lowest BCUT2D eigenvalue weighted by Crippen LogP contribution is -2.43. The van der Waals surface area contributed by atoms with Gasteiger partial charge in [-0.3, -0.25) is 9.59 Å². The molecule has 2 heterocycles. The molecular formula is C23H26N2O3. The highest BCUT2D eigenvalue weighted by Crippen LogP contribution is 2.28. The van der Waals surface area contributed by atoms with Gasteiger partial charge in [0, 0.05) is 32.1 Å². The van der Waals surface area contributed by atoms with Crippen LogP contribution in [-0.2, 0) is 4.79 Å². The van der Waals surface area contributed by atoms with E-state index in [2.05, 4.69) is 0 Å². The second-order valence-electron chi connectivity index (χ2n) is 7.51. The predicted molar refractivity (Wildman–Crippen MR) is 107 cm³/mol. The number of piperidine rings is 1. The van der Waals surface area contributed by atoms with Crippen LogP contribution >= 0.6 is 0 Å². The molecule has 2 aromatic rings. The lowest BCUT2D eigenvalue weighted by Gasteiger charge is -2.33. The zero-order valence-electron chi connectivity index (χ0n) is 16.0. The Morgan fingerprint density at radius 3 is 2.14 bits per heavy atom. The van der Waals surface area contributed by atoms with Crippen molar-refractivity contribution in [3.05, 3.63) is 60.2 Å². The number of likely N-dealkylation sites (tertiary alicyclic amines) is 2. The Bertz CT molecular complexity index is 823. The molecule has 5 heteroatoms. The summed E-state index contributed by atoms with van der Waals surface area (Å²) < 4.78 is 5.94. The van der Waals surface area contributed by atoms with E-state index in [9.17, 15) is 9.59 Å². The Morgan fingerprint density at radius 1 is 0.786 bits per heavy atom. The third-order valence-electron chi connectivity index (χ3n) is 5.64. The second-order valence-corrected chi connectivity index (χ2v) is 7.51. The van der Waals surface area contributed by atoms with Crippen molar-refractivity contribution in [2.45, 2.75) is 25.7 Å². The van der Waals surface area contributed by atoms with Crippen molar-refractivity contribution in [2.75, 3.05) is 26.2 Å². The normalized spacial score (nSPS) is 17.6. The maximum absolute atomic E-state index is 13.1. The van der Waals surface area contributed by atoms with Gasteiger partial charge in [-0.2, -0.15) is 0 Å². The number of rotatable bonds is 4. The van der Waals surface area contributed by atoms with Gasteiger partial charge < -0.3 is 14.5 Å². The highest BCUT2D eigenvalue weighted by Gasteiger charge is 2.32. The summed E-state index contributed by atoms with van der Waals surface area (Å²) in [6, 6.07) is 16.8. The lowest BCUT2D eigenvalue weighted by atomic mass is 9.95. The van der Waals surface area contributed by atoms with E-state index in [1.165, 1.54) is 0 Å². The summed E-state index contributed by atoms with van der Waals surface area (Å²) in [5, 5.41) is 0. The molecule has 0 N–H and O–H groups in total. The van der Waals surface area contributed by atoms with Gasteiger partial charge in [-0.1, -0.05) is 30.3 Å². The number of carbonyl (C=O) groups is 2. The SMILES string of the molecule is O=C(c1ccccc1Oc1ccccc1)N1CCC(C(=O)N2CCCC2)CC1. The minimum Gasteiger partial charge on any atom is -0.457 e. The number of ether oxygens (including phenoxy) is 1. The Balaban J connectivity index is 1.41. The summed E-state index contributed by atoms with van der Waals surface area (Å²) in [4.78, 5) is 29.5. The van der Waals surface area contributed by atoms with E-state index < -0.39 is 0 Å². The first-order chi connectivity index (χ1) is 13.7. The Hall–Kier alpha value is -2.82. The number of carbonyl (C=O) groups excluding carboxylic acids is 2. The number of benzene rings is 2. The molecule has 0 saturated carbocycles. The number of para-hydroxylation sites is 2. The van der Waals surface area contributed by atoms with Crippen molar-refractivity contribution in [2.24, 2.45) is 5.92 Å². The van der Waals surface area contributed by atoms with Gasteiger partial charge in [0.2, 0.25) is 5.91 Å². The molecule has 0 unspecified atom stereocenters. The monoisotopic (exact) mass is 378 g/mol. The molecule has 0 bridgehead atoms. The number of hydrogen-bond acceptors (Lipinski definition) is 3. The molecule has 2 saturated heterocycles. The zero-order valence-corrected chi connectivity index (χ0v) is 16.0. The molecule has 2 aliphatic heterocycles. The highest BCUT2D eigenvalue weighted by atomic mass is 16.5. The fourth-order valence-electron chi connectivity index (χ4n) is 4.04. The average Bonchev–Trinajstić information content (AvgIpc) is 3.29. The molecule has 0 aromatic heterocycles. The molecule has 0 spiro atoms. The molecule has 2 aliphatic rings. The molecular weight excluding hydrogens is 352 g/mol. The van der Waals surface area contributed by atoms with Crippen molar-refractivity contribution in [3.8, 4) is 11.5 Å². The van der Waals surface area contributed by atoms with Gasteiger partial charge in [-0.15, -0.1) is 0 Å². The first-order valence-corrected chi connectivity index (χ1v) is 10.1. The van der Waals surface area contributed by atoms with E-state index in [0.717, 1.165) is 38.8 Å². The third-order valence-corrected chi connectivity index (χ3v) is 5.64. The van der Waals surface area contributed by atoms with E-state index in [1.54, 1.807) is 0 Å². The maximum atomic E-state index is 13.1. The van der Waals surface area contributed by atoms with Crippen LogP contribution in [0.2, 0.25) is 0 Å². The predicted octanol–water partition coefficient (Wildman–Crippen LogP) is 3.95. The van der Waals surface area contributed by atoms with Gasteiger partial charge in [-0.25, -0.2) is 0 Å². The number of hydrogen-bond donors (Lipinski definition) is 0. The topological polar surface area (TPSA) is 49.9 Å². The van der Waals surface area contributed by atoms with Crippen LogP contribution in [0.1, 0.15) is 36.0 Å². The summed E-state index contributed by atoms with van der Waals surface area (Å²) in [5.41, 5.74) is 0.565. The van der Waals surface area contributed by atoms with E-state index >= 15 is 0 Å². The van der Waals surface area contributed by atoms with Crippen LogP contribution in [0.4, 0.5) is 0 Å². The lowest BCUT2D eigenvalue weighted by molar-refractivity contribution is -0.135. The molecule has 28 heavy (non-hydrogen) atoms. The summed E-state index contributed by atoms with van der Waals surface area (Å²) >= 11 is 0. The number of amides is 2. The summed E-state index contributed by atoms with van der Waals surface area (Å²) in [6.07, 6.45) is 3.70. The van der Waals surface area contributed by atoms with Crippen molar-refractivity contribution >= 4 is 11.8 Å². The minimum atomic E-state index is -0.0291. The van der Waals surface area contributed by atoms with Crippen LogP contribution in [-0.4, -0.2) is 47.8 Å². The van der Waals surface area contributed by atoms with E-state index in [4.69, 9.17) is 4.74 Å².